The number of thiophene rings is 1. The van der Waals surface area contributed by atoms with Crippen LogP contribution in [0.25, 0.3) is 21.5 Å². The Bertz CT molecular complexity index is 674. The number of anilines is 1. The number of nitrogens with two attached hydrogens (primary N) is 1. The minimum Gasteiger partial charge on any atom is -0.368 e. The Morgan fingerprint density at radius 3 is 2.82 bits per heavy atom. The highest BCUT2D eigenvalue weighted by atomic mass is 32.1. The Morgan fingerprint density at radius 1 is 1.18 bits per heavy atom. The predicted octanol–water partition coefficient (Wildman–Crippen LogP) is 3.08. The van der Waals surface area contributed by atoms with Crippen molar-refractivity contribution in [3.05, 3.63) is 41.5 Å². The number of nitrogens with zero attached hydrogens (tertiary/aromatic N) is 2. The van der Waals surface area contributed by atoms with Gasteiger partial charge in [-0.25, -0.2) is 14.4 Å². The van der Waals surface area contributed by atoms with E-state index in [0.717, 1.165) is 16.0 Å². The lowest BCUT2D eigenvalue weighted by Crippen LogP contribution is -1.97. The van der Waals surface area contributed by atoms with E-state index >= 15 is 0 Å². The van der Waals surface area contributed by atoms with E-state index < -0.39 is 0 Å². The van der Waals surface area contributed by atoms with Crippen LogP contribution in [0.5, 0.6) is 0 Å². The normalized spacial score (nSPS) is 10.9. The third-order valence-corrected chi connectivity index (χ3v) is 3.31. The summed E-state index contributed by atoms with van der Waals surface area (Å²) >= 11 is 1.56. The van der Waals surface area contributed by atoms with Crippen molar-refractivity contribution < 1.29 is 4.39 Å². The molecule has 3 rings (SSSR count). The van der Waals surface area contributed by atoms with Crippen molar-refractivity contribution in [1.29, 1.82) is 0 Å². The molecular formula is C12H8FN3S. The van der Waals surface area contributed by atoms with Crippen LogP contribution in [0.2, 0.25) is 0 Å². The van der Waals surface area contributed by atoms with Crippen LogP contribution in [0.1, 0.15) is 0 Å². The fourth-order valence-corrected chi connectivity index (χ4v) is 2.45. The third-order valence-electron chi connectivity index (χ3n) is 2.43. The van der Waals surface area contributed by atoms with Crippen LogP contribution in [-0.4, -0.2) is 9.97 Å². The zero-order chi connectivity index (χ0) is 11.8. The smallest absolute Gasteiger partial charge is 0.221 e. The lowest BCUT2D eigenvalue weighted by Gasteiger charge is -2.04. The average molecular weight is 245 g/mol. The molecule has 84 valence electrons. The van der Waals surface area contributed by atoms with Crippen LogP contribution in [0.4, 0.5) is 10.3 Å². The number of nitrogen functional groups attached to an aromatic ring is 1. The van der Waals surface area contributed by atoms with E-state index in [-0.39, 0.29) is 11.8 Å². The van der Waals surface area contributed by atoms with Crippen molar-refractivity contribution in [3.63, 3.8) is 0 Å². The predicted molar refractivity (Wildman–Crippen MR) is 67.2 cm³/mol. The lowest BCUT2D eigenvalue weighted by atomic mass is 10.1. The van der Waals surface area contributed by atoms with Crippen LogP contribution >= 0.6 is 11.3 Å². The summed E-state index contributed by atoms with van der Waals surface area (Å²) in [6.07, 6.45) is 0. The Morgan fingerprint density at radius 2 is 2.06 bits per heavy atom. The van der Waals surface area contributed by atoms with Crippen molar-refractivity contribution in [1.82, 2.24) is 9.97 Å². The van der Waals surface area contributed by atoms with E-state index in [9.17, 15) is 4.39 Å². The first-order chi connectivity index (χ1) is 8.24. The molecule has 17 heavy (non-hydrogen) atoms. The first-order valence-electron chi connectivity index (χ1n) is 5.01. The molecule has 0 radical (unpaired) electrons. The molecule has 2 heterocycles. The maximum Gasteiger partial charge on any atom is 0.221 e. The molecule has 0 aliphatic heterocycles. The molecular weight excluding hydrogens is 237 g/mol. The number of fused-ring (bicyclic) bond motifs is 1. The molecule has 0 atom stereocenters. The van der Waals surface area contributed by atoms with E-state index in [1.54, 1.807) is 17.4 Å². The fourth-order valence-electron chi connectivity index (χ4n) is 1.72. The van der Waals surface area contributed by atoms with Gasteiger partial charge in [-0.1, -0.05) is 6.07 Å². The summed E-state index contributed by atoms with van der Waals surface area (Å²) in [5.41, 5.74) is 6.92. The molecule has 0 amide bonds. The quantitative estimate of drug-likeness (QED) is 0.716. The molecule has 3 aromatic rings. The molecule has 0 saturated heterocycles. The molecule has 0 spiro atoms. The molecule has 0 aliphatic rings. The minimum absolute atomic E-state index is 0.159. The summed E-state index contributed by atoms with van der Waals surface area (Å²) < 4.78 is 13.1. The highest BCUT2D eigenvalue weighted by Gasteiger charge is 2.09. The first kappa shape index (κ1) is 10.2. The molecule has 1 aromatic carbocycles. The van der Waals surface area contributed by atoms with Gasteiger partial charge in [0.05, 0.1) is 16.1 Å². The second-order valence-corrected chi connectivity index (χ2v) is 4.52. The van der Waals surface area contributed by atoms with E-state index in [0.29, 0.717) is 5.52 Å². The highest BCUT2D eigenvalue weighted by molar-refractivity contribution is 7.13. The van der Waals surface area contributed by atoms with Gasteiger partial charge >= 0.3 is 0 Å². The molecule has 0 bridgehead atoms. The molecule has 5 heteroatoms. The van der Waals surface area contributed by atoms with Crippen molar-refractivity contribution in [2.45, 2.75) is 0 Å². The molecule has 2 N–H and O–H groups in total. The number of aromatic nitrogens is 2. The molecule has 3 nitrogen and oxygen atoms in total. The average Bonchev–Trinajstić information content (AvgIpc) is 2.80. The molecule has 0 fully saturated rings. The highest BCUT2D eigenvalue weighted by Crippen LogP contribution is 2.30. The SMILES string of the molecule is Nc1nc(-c2cccs2)c2ccc(F)cc2n1. The van der Waals surface area contributed by atoms with Gasteiger partial charge in [0.2, 0.25) is 5.95 Å². The first-order valence-corrected chi connectivity index (χ1v) is 5.88. The number of halogens is 1. The van der Waals surface area contributed by atoms with Crippen molar-refractivity contribution in [2.24, 2.45) is 0 Å². The van der Waals surface area contributed by atoms with Crippen LogP contribution in [-0.2, 0) is 0 Å². The van der Waals surface area contributed by atoms with Gasteiger partial charge in [0.1, 0.15) is 5.82 Å². The topological polar surface area (TPSA) is 51.8 Å². The summed E-state index contributed by atoms with van der Waals surface area (Å²) in [7, 11) is 0. The summed E-state index contributed by atoms with van der Waals surface area (Å²) in [5, 5.41) is 2.77. The van der Waals surface area contributed by atoms with Crippen molar-refractivity contribution in [3.8, 4) is 10.6 Å². The fraction of sp³-hybridized carbons (Fsp3) is 0. The van der Waals surface area contributed by atoms with Crippen molar-refractivity contribution in [2.75, 3.05) is 5.73 Å². The maximum atomic E-state index is 13.1. The van der Waals surface area contributed by atoms with Gasteiger partial charge in [0.15, 0.2) is 0 Å². The summed E-state index contributed by atoms with van der Waals surface area (Å²) in [5.74, 6) is -0.167. The second kappa shape index (κ2) is 3.78. The van der Waals surface area contributed by atoms with Gasteiger partial charge in [-0.3, -0.25) is 0 Å². The van der Waals surface area contributed by atoms with E-state index in [2.05, 4.69) is 9.97 Å². The van der Waals surface area contributed by atoms with Crippen molar-refractivity contribution >= 4 is 28.2 Å². The number of hydrogen-bond acceptors (Lipinski definition) is 4. The van der Waals surface area contributed by atoms with Crippen LogP contribution in [0.3, 0.4) is 0 Å². The minimum atomic E-state index is -0.326. The number of benzene rings is 1. The van der Waals surface area contributed by atoms with Gasteiger partial charge in [0.25, 0.3) is 0 Å². The Labute approximate surface area is 101 Å². The summed E-state index contributed by atoms with van der Waals surface area (Å²) in [6.45, 7) is 0. The van der Waals surface area contributed by atoms with Gasteiger partial charge < -0.3 is 5.73 Å². The molecule has 0 saturated carbocycles. The Hall–Kier alpha value is -2.01. The molecule has 0 unspecified atom stereocenters. The van der Waals surface area contributed by atoms with Crippen LogP contribution < -0.4 is 5.73 Å². The second-order valence-electron chi connectivity index (χ2n) is 3.57. The lowest BCUT2D eigenvalue weighted by molar-refractivity contribution is 0.629. The summed E-state index contributed by atoms with van der Waals surface area (Å²) in [4.78, 5) is 9.26. The monoisotopic (exact) mass is 245 g/mol. The Kier molecular flexibility index (Phi) is 2.26. The molecule has 0 aliphatic carbocycles. The van der Waals surface area contributed by atoms with Gasteiger partial charge in [-0.05, 0) is 23.6 Å². The number of hydrogen-bond donors (Lipinski definition) is 1. The zero-order valence-electron chi connectivity index (χ0n) is 8.72. The van der Waals surface area contributed by atoms with Gasteiger partial charge in [-0.2, -0.15) is 0 Å². The van der Waals surface area contributed by atoms with Crippen LogP contribution in [0, 0.1) is 5.82 Å². The van der Waals surface area contributed by atoms with E-state index in [4.69, 9.17) is 5.73 Å². The van der Waals surface area contributed by atoms with Gasteiger partial charge in [0, 0.05) is 11.5 Å². The van der Waals surface area contributed by atoms with Gasteiger partial charge in [-0.15, -0.1) is 11.3 Å². The third kappa shape index (κ3) is 1.74. The maximum absolute atomic E-state index is 13.1. The zero-order valence-corrected chi connectivity index (χ0v) is 9.54. The van der Waals surface area contributed by atoms with E-state index in [1.807, 2.05) is 17.5 Å². The largest absolute Gasteiger partial charge is 0.368 e. The Balaban J connectivity index is 2.38. The molecule has 2 aromatic heterocycles. The van der Waals surface area contributed by atoms with Crippen LogP contribution in [0.15, 0.2) is 35.7 Å². The summed E-state index contributed by atoms with van der Waals surface area (Å²) in [6, 6.07) is 8.34. The number of rotatable bonds is 1. The van der Waals surface area contributed by atoms with E-state index in [1.165, 1.54) is 12.1 Å². The standard InChI is InChI=1S/C12H8FN3S/c13-7-3-4-8-9(6-7)15-12(14)16-11(8)10-2-1-5-17-10/h1-6H,(H2,14,15,16).